The maximum atomic E-state index is 5.32. The van der Waals surface area contributed by atoms with E-state index >= 15 is 0 Å². The lowest BCUT2D eigenvalue weighted by Crippen LogP contribution is -2.04. The lowest BCUT2D eigenvalue weighted by Gasteiger charge is -2.12. The van der Waals surface area contributed by atoms with Gasteiger partial charge in [0.1, 0.15) is 0 Å². The lowest BCUT2D eigenvalue weighted by molar-refractivity contribution is 0.195. The predicted molar refractivity (Wildman–Crippen MR) is 40.7 cm³/mol. The quantitative estimate of drug-likeness (QED) is 0.461. The highest BCUT2D eigenvalue weighted by Crippen LogP contribution is 2.27. The highest BCUT2D eigenvalue weighted by molar-refractivity contribution is 5.24. The van der Waals surface area contributed by atoms with Crippen LogP contribution >= 0.6 is 0 Å². The van der Waals surface area contributed by atoms with Crippen LogP contribution < -0.4 is 0 Å². The molecule has 1 aliphatic carbocycles. The maximum Gasteiger partial charge on any atom is 0.0684 e. The molecule has 0 amide bonds. The Morgan fingerprint density at radius 3 is 3.30 bits per heavy atom. The van der Waals surface area contributed by atoms with Gasteiger partial charge < -0.3 is 4.74 Å². The van der Waals surface area contributed by atoms with Crippen molar-refractivity contribution in [3.8, 4) is 0 Å². The van der Waals surface area contributed by atoms with Crippen molar-refractivity contribution in [3.63, 3.8) is 0 Å². The Morgan fingerprint density at radius 2 is 2.40 bits per heavy atom. The average Bonchev–Trinajstić information content (AvgIpc) is 2.33. The van der Waals surface area contributed by atoms with Gasteiger partial charge >= 0.3 is 0 Å². The molecule has 1 fully saturated rings. The van der Waals surface area contributed by atoms with Crippen LogP contribution in [0.5, 0.6) is 0 Å². The second-order valence-corrected chi connectivity index (χ2v) is 3.11. The van der Waals surface area contributed by atoms with Gasteiger partial charge in [-0.15, -0.1) is 0 Å². The smallest absolute Gasteiger partial charge is 0.0684 e. The molecule has 2 rings (SSSR count). The van der Waals surface area contributed by atoms with Crippen molar-refractivity contribution >= 4 is 0 Å². The van der Waals surface area contributed by atoms with Crippen LogP contribution in [-0.4, -0.2) is 13.2 Å². The Kier molecular flexibility index (Phi) is 1.38. The van der Waals surface area contributed by atoms with Gasteiger partial charge in [-0.2, -0.15) is 0 Å². The van der Waals surface area contributed by atoms with Crippen LogP contribution in [-0.2, 0) is 4.74 Å². The summed E-state index contributed by atoms with van der Waals surface area (Å²) in [5, 5.41) is 0. The SMILES string of the molecule is CC1C=CC2COCC2=C1. The number of hydrogen-bond donors (Lipinski definition) is 0. The van der Waals surface area contributed by atoms with Gasteiger partial charge in [0.2, 0.25) is 0 Å². The number of rotatable bonds is 0. The van der Waals surface area contributed by atoms with Crippen LogP contribution in [0.25, 0.3) is 0 Å². The molecular weight excluding hydrogens is 124 g/mol. The van der Waals surface area contributed by atoms with E-state index in [1.165, 1.54) is 5.57 Å². The monoisotopic (exact) mass is 136 g/mol. The summed E-state index contributed by atoms with van der Waals surface area (Å²) < 4.78 is 5.32. The van der Waals surface area contributed by atoms with Gasteiger partial charge in [-0.1, -0.05) is 25.2 Å². The zero-order chi connectivity index (χ0) is 6.97. The van der Waals surface area contributed by atoms with Gasteiger partial charge in [0.15, 0.2) is 0 Å². The van der Waals surface area contributed by atoms with Crippen molar-refractivity contribution in [2.75, 3.05) is 13.2 Å². The molecular formula is C9H12O. The van der Waals surface area contributed by atoms with Gasteiger partial charge in [-0.05, 0) is 11.5 Å². The van der Waals surface area contributed by atoms with Crippen LogP contribution in [0.2, 0.25) is 0 Å². The first kappa shape index (κ1) is 6.17. The molecule has 10 heavy (non-hydrogen) atoms. The second kappa shape index (κ2) is 2.24. The molecule has 2 aliphatic rings. The first-order valence-electron chi connectivity index (χ1n) is 3.83. The highest BCUT2D eigenvalue weighted by atomic mass is 16.5. The summed E-state index contributed by atoms with van der Waals surface area (Å²) in [6, 6.07) is 0. The van der Waals surface area contributed by atoms with Crippen molar-refractivity contribution in [2.45, 2.75) is 6.92 Å². The van der Waals surface area contributed by atoms with Gasteiger partial charge in [0, 0.05) is 5.92 Å². The molecule has 1 heteroatoms. The van der Waals surface area contributed by atoms with Gasteiger partial charge in [0.05, 0.1) is 13.2 Å². The molecule has 1 aliphatic heterocycles. The Morgan fingerprint density at radius 1 is 1.50 bits per heavy atom. The second-order valence-electron chi connectivity index (χ2n) is 3.11. The van der Waals surface area contributed by atoms with E-state index in [4.69, 9.17) is 4.74 Å². The molecule has 2 unspecified atom stereocenters. The van der Waals surface area contributed by atoms with Gasteiger partial charge in [-0.3, -0.25) is 0 Å². The molecule has 0 aromatic heterocycles. The molecule has 54 valence electrons. The van der Waals surface area contributed by atoms with E-state index in [1.807, 2.05) is 0 Å². The summed E-state index contributed by atoms with van der Waals surface area (Å²) in [7, 11) is 0. The molecule has 0 bridgehead atoms. The fourth-order valence-corrected chi connectivity index (χ4v) is 1.57. The molecule has 0 N–H and O–H groups in total. The van der Waals surface area contributed by atoms with Gasteiger partial charge in [-0.25, -0.2) is 0 Å². The summed E-state index contributed by atoms with van der Waals surface area (Å²) in [6.45, 7) is 3.96. The van der Waals surface area contributed by atoms with E-state index in [2.05, 4.69) is 25.2 Å². The Hall–Kier alpha value is -0.560. The maximum absolute atomic E-state index is 5.32. The van der Waals surface area contributed by atoms with Gasteiger partial charge in [0.25, 0.3) is 0 Å². The first-order valence-corrected chi connectivity index (χ1v) is 3.83. The standard InChI is InChI=1S/C9H12O/c1-7-2-3-8-5-10-6-9(8)4-7/h2-4,7-8H,5-6H2,1H3. The molecule has 0 spiro atoms. The van der Waals surface area contributed by atoms with E-state index in [9.17, 15) is 0 Å². The molecule has 1 saturated heterocycles. The fourth-order valence-electron chi connectivity index (χ4n) is 1.57. The minimum atomic E-state index is 0.608. The van der Waals surface area contributed by atoms with Crippen molar-refractivity contribution in [1.29, 1.82) is 0 Å². The van der Waals surface area contributed by atoms with Crippen molar-refractivity contribution in [2.24, 2.45) is 11.8 Å². The zero-order valence-corrected chi connectivity index (χ0v) is 6.21. The highest BCUT2D eigenvalue weighted by Gasteiger charge is 2.21. The number of allylic oxidation sites excluding steroid dienone is 2. The van der Waals surface area contributed by atoms with Crippen LogP contribution in [0.1, 0.15) is 6.92 Å². The summed E-state index contributed by atoms with van der Waals surface area (Å²) in [4.78, 5) is 0. The molecule has 0 radical (unpaired) electrons. The number of ether oxygens (including phenoxy) is 1. The van der Waals surface area contributed by atoms with E-state index in [1.54, 1.807) is 0 Å². The Balaban J connectivity index is 2.22. The molecule has 0 aromatic carbocycles. The van der Waals surface area contributed by atoms with E-state index in [0.717, 1.165) is 13.2 Å². The number of fused-ring (bicyclic) bond motifs is 1. The van der Waals surface area contributed by atoms with Crippen molar-refractivity contribution in [3.05, 3.63) is 23.8 Å². The molecule has 0 aromatic rings. The number of hydrogen-bond acceptors (Lipinski definition) is 1. The summed E-state index contributed by atoms with van der Waals surface area (Å²) in [5.74, 6) is 1.23. The summed E-state index contributed by atoms with van der Waals surface area (Å²) in [6.07, 6.45) is 6.84. The predicted octanol–water partition coefficient (Wildman–Crippen LogP) is 1.77. The lowest BCUT2D eigenvalue weighted by atomic mass is 9.92. The van der Waals surface area contributed by atoms with Crippen LogP contribution in [0.15, 0.2) is 23.8 Å². The average molecular weight is 136 g/mol. The van der Waals surface area contributed by atoms with E-state index in [0.29, 0.717) is 11.8 Å². The Bertz CT molecular complexity index is 191. The van der Waals surface area contributed by atoms with Crippen LogP contribution in [0.3, 0.4) is 0 Å². The van der Waals surface area contributed by atoms with E-state index < -0.39 is 0 Å². The van der Waals surface area contributed by atoms with E-state index in [-0.39, 0.29) is 0 Å². The summed E-state index contributed by atoms with van der Waals surface area (Å²) >= 11 is 0. The molecule has 1 heterocycles. The van der Waals surface area contributed by atoms with Crippen LogP contribution in [0.4, 0.5) is 0 Å². The van der Waals surface area contributed by atoms with Crippen molar-refractivity contribution < 1.29 is 4.74 Å². The Labute approximate surface area is 61.4 Å². The molecule has 1 nitrogen and oxygen atoms in total. The first-order chi connectivity index (χ1) is 4.86. The minimum absolute atomic E-state index is 0.608. The third-order valence-corrected chi connectivity index (χ3v) is 2.17. The summed E-state index contributed by atoms with van der Waals surface area (Å²) in [5.41, 5.74) is 1.48. The third-order valence-electron chi connectivity index (χ3n) is 2.17. The van der Waals surface area contributed by atoms with Crippen molar-refractivity contribution in [1.82, 2.24) is 0 Å². The third kappa shape index (κ3) is 0.907. The zero-order valence-electron chi connectivity index (χ0n) is 6.21. The minimum Gasteiger partial charge on any atom is -0.376 e. The van der Waals surface area contributed by atoms with Crippen LogP contribution in [0, 0.1) is 11.8 Å². The topological polar surface area (TPSA) is 9.23 Å². The molecule has 0 saturated carbocycles. The normalized spacial score (nSPS) is 37.5. The largest absolute Gasteiger partial charge is 0.376 e. The molecule has 2 atom stereocenters. The fraction of sp³-hybridized carbons (Fsp3) is 0.556.